The zero-order valence-electron chi connectivity index (χ0n) is 19.8. The SMILES string of the molecule is NC(=O)C1=NC[N+]([C@H](CO)CCn2ccc3c2=CC(=NC(=O)CCCCc2ccccc2)CC=3)=C1. The van der Waals surface area contributed by atoms with E-state index >= 15 is 0 Å². The van der Waals surface area contributed by atoms with Crippen molar-refractivity contribution in [3.63, 3.8) is 0 Å². The molecule has 0 bridgehead atoms. The Morgan fingerprint density at radius 2 is 2.03 bits per heavy atom. The van der Waals surface area contributed by atoms with E-state index in [4.69, 9.17) is 5.73 Å². The van der Waals surface area contributed by atoms with E-state index in [1.807, 2.05) is 35.0 Å². The molecule has 0 radical (unpaired) electrons. The zero-order valence-corrected chi connectivity index (χ0v) is 19.8. The number of carbonyl (C=O) groups excluding carboxylic acids is 2. The number of aliphatic hydroxyl groups is 1. The lowest BCUT2D eigenvalue weighted by Crippen LogP contribution is -2.36. The molecular formula is C27H32N5O3+. The Kier molecular flexibility index (Phi) is 8.15. The molecule has 182 valence electrons. The fourth-order valence-electron chi connectivity index (χ4n) is 4.42. The average molecular weight is 475 g/mol. The molecular weight excluding hydrogens is 442 g/mol. The molecule has 2 aliphatic rings. The van der Waals surface area contributed by atoms with E-state index in [2.05, 4.69) is 38.8 Å². The molecule has 1 aromatic heterocycles. The van der Waals surface area contributed by atoms with E-state index in [1.165, 1.54) is 5.56 Å². The van der Waals surface area contributed by atoms with Crippen LogP contribution in [-0.4, -0.2) is 63.0 Å². The average Bonchev–Trinajstić information content (AvgIpc) is 3.51. The second-order valence-electron chi connectivity index (χ2n) is 8.91. The first kappa shape index (κ1) is 24.5. The number of fused-ring (bicyclic) bond motifs is 1. The molecule has 1 aliphatic carbocycles. The highest BCUT2D eigenvalue weighted by Gasteiger charge is 2.26. The molecule has 0 saturated heterocycles. The van der Waals surface area contributed by atoms with Gasteiger partial charge in [-0.2, -0.15) is 0 Å². The van der Waals surface area contributed by atoms with Crippen LogP contribution in [0, 0.1) is 0 Å². The molecule has 8 nitrogen and oxygen atoms in total. The summed E-state index contributed by atoms with van der Waals surface area (Å²) in [5.41, 5.74) is 7.60. The summed E-state index contributed by atoms with van der Waals surface area (Å²) in [6, 6.07) is 12.2. The van der Waals surface area contributed by atoms with E-state index in [1.54, 1.807) is 6.21 Å². The standard InChI is InChI=1S/C27H31N5O3/c28-27(35)24-17-32(19-29-24)23(18-33)13-15-31-14-12-21-10-11-22(16-25(21)31)30-26(34)9-5-4-8-20-6-2-1-3-7-20/h1-3,6-7,10,12,14,16-17,23,33H,4-5,8-9,11,13,15,18-19H2,(H-,28,35)/p+1/t23-/m0/s1. The van der Waals surface area contributed by atoms with Crippen molar-refractivity contribution in [1.82, 2.24) is 4.57 Å². The summed E-state index contributed by atoms with van der Waals surface area (Å²) >= 11 is 0. The minimum atomic E-state index is -0.564. The van der Waals surface area contributed by atoms with Crippen LogP contribution in [0.4, 0.5) is 0 Å². The molecule has 1 atom stereocenters. The first-order valence-corrected chi connectivity index (χ1v) is 12.1. The molecule has 35 heavy (non-hydrogen) atoms. The van der Waals surface area contributed by atoms with Crippen molar-refractivity contribution in [3.05, 3.63) is 58.7 Å². The first-order chi connectivity index (χ1) is 17.0. The van der Waals surface area contributed by atoms with Gasteiger partial charge in [-0.1, -0.05) is 36.4 Å². The highest BCUT2D eigenvalue weighted by atomic mass is 16.3. The van der Waals surface area contributed by atoms with Crippen LogP contribution < -0.4 is 16.3 Å². The summed E-state index contributed by atoms with van der Waals surface area (Å²) < 4.78 is 3.95. The van der Waals surface area contributed by atoms with Gasteiger partial charge in [0, 0.05) is 37.4 Å². The lowest BCUT2D eigenvalue weighted by Gasteiger charge is -2.12. The first-order valence-electron chi connectivity index (χ1n) is 12.1. The van der Waals surface area contributed by atoms with Gasteiger partial charge in [-0.15, -0.1) is 0 Å². The number of nitrogens with two attached hydrogens (primary N) is 1. The lowest BCUT2D eigenvalue weighted by molar-refractivity contribution is -0.560. The Bertz CT molecular complexity index is 1290. The molecule has 0 spiro atoms. The quantitative estimate of drug-likeness (QED) is 0.367. The number of carbonyl (C=O) groups is 2. The summed E-state index contributed by atoms with van der Waals surface area (Å²) in [4.78, 5) is 32.2. The lowest BCUT2D eigenvalue weighted by atomic mass is 10.1. The number of primary amides is 1. The van der Waals surface area contributed by atoms with Crippen molar-refractivity contribution in [2.75, 3.05) is 13.3 Å². The van der Waals surface area contributed by atoms with E-state index in [9.17, 15) is 14.7 Å². The Hall–Kier alpha value is -3.65. The number of hydrogen-bond acceptors (Lipinski definition) is 4. The molecule has 4 rings (SSSR count). The highest BCUT2D eigenvalue weighted by Crippen LogP contribution is 2.08. The minimum absolute atomic E-state index is 0.0527. The van der Waals surface area contributed by atoms with Crippen molar-refractivity contribution in [1.29, 1.82) is 0 Å². The number of aliphatic imine (C=N–C) groups is 2. The fourth-order valence-corrected chi connectivity index (χ4v) is 4.42. The normalized spacial score (nSPS) is 16.7. The van der Waals surface area contributed by atoms with Crippen LogP contribution in [-0.2, 0) is 22.6 Å². The number of aliphatic hydroxyl groups excluding tert-OH is 1. The molecule has 0 saturated carbocycles. The number of hydrogen-bond donors (Lipinski definition) is 2. The monoisotopic (exact) mass is 474 g/mol. The maximum atomic E-state index is 12.4. The van der Waals surface area contributed by atoms with Gasteiger partial charge in [0.1, 0.15) is 6.61 Å². The highest BCUT2D eigenvalue weighted by molar-refractivity contribution is 6.59. The Morgan fingerprint density at radius 3 is 2.77 bits per heavy atom. The summed E-state index contributed by atoms with van der Waals surface area (Å²) in [6.07, 6.45) is 12.2. The van der Waals surface area contributed by atoms with Crippen LogP contribution in [0.5, 0.6) is 0 Å². The van der Waals surface area contributed by atoms with Crippen molar-refractivity contribution in [3.8, 4) is 0 Å². The second kappa shape index (κ2) is 11.7. The Labute approximate surface area is 204 Å². The summed E-state index contributed by atoms with van der Waals surface area (Å²) in [5, 5.41) is 12.0. The van der Waals surface area contributed by atoms with Crippen LogP contribution in [0.2, 0.25) is 0 Å². The molecule has 2 amide bonds. The van der Waals surface area contributed by atoms with Gasteiger partial charge in [-0.05, 0) is 42.2 Å². The van der Waals surface area contributed by atoms with E-state index in [-0.39, 0.29) is 24.3 Å². The number of amides is 2. The Morgan fingerprint density at radius 1 is 1.20 bits per heavy atom. The van der Waals surface area contributed by atoms with Gasteiger partial charge in [0.15, 0.2) is 18.0 Å². The van der Waals surface area contributed by atoms with Crippen molar-refractivity contribution in [2.45, 2.75) is 51.1 Å². The van der Waals surface area contributed by atoms with Crippen LogP contribution >= 0.6 is 0 Å². The number of nitrogens with zero attached hydrogens (tertiary/aromatic N) is 4. The fraction of sp³-hybridized carbons (Fsp3) is 0.370. The number of rotatable bonds is 11. The molecule has 0 fully saturated rings. The third kappa shape index (κ3) is 6.48. The van der Waals surface area contributed by atoms with E-state index < -0.39 is 5.91 Å². The maximum Gasteiger partial charge on any atom is 0.273 e. The molecule has 2 heterocycles. The van der Waals surface area contributed by atoms with Gasteiger partial charge >= 0.3 is 0 Å². The third-order valence-electron chi connectivity index (χ3n) is 6.42. The number of aryl methyl sites for hydroxylation is 2. The van der Waals surface area contributed by atoms with Gasteiger partial charge < -0.3 is 15.4 Å². The molecule has 1 aliphatic heterocycles. The zero-order chi connectivity index (χ0) is 24.6. The molecule has 0 unspecified atom stereocenters. The number of unbranched alkanes of at least 4 members (excludes halogenated alkanes) is 1. The summed E-state index contributed by atoms with van der Waals surface area (Å²) in [6.45, 7) is 0.933. The van der Waals surface area contributed by atoms with Crippen LogP contribution in [0.25, 0.3) is 12.2 Å². The maximum absolute atomic E-state index is 12.4. The molecule has 2 aromatic rings. The number of benzene rings is 1. The molecule has 1 aromatic carbocycles. The molecule has 8 heteroatoms. The predicted octanol–water partition coefficient (Wildman–Crippen LogP) is 0.565. The second-order valence-corrected chi connectivity index (χ2v) is 8.91. The van der Waals surface area contributed by atoms with Crippen LogP contribution in [0.1, 0.15) is 37.7 Å². The largest absolute Gasteiger partial charge is 0.389 e. The van der Waals surface area contributed by atoms with Gasteiger partial charge in [0.25, 0.3) is 5.91 Å². The summed E-state index contributed by atoms with van der Waals surface area (Å²) in [7, 11) is 0. The van der Waals surface area contributed by atoms with Gasteiger partial charge in [0.05, 0.1) is 5.71 Å². The van der Waals surface area contributed by atoms with E-state index in [0.29, 0.717) is 32.5 Å². The van der Waals surface area contributed by atoms with Crippen LogP contribution in [0.3, 0.4) is 0 Å². The van der Waals surface area contributed by atoms with Crippen molar-refractivity contribution in [2.24, 2.45) is 15.7 Å². The van der Waals surface area contributed by atoms with Crippen molar-refractivity contribution >= 4 is 41.6 Å². The van der Waals surface area contributed by atoms with Crippen LogP contribution in [0.15, 0.2) is 52.6 Å². The van der Waals surface area contributed by atoms with E-state index in [0.717, 1.165) is 35.5 Å². The summed E-state index contributed by atoms with van der Waals surface area (Å²) in [5.74, 6) is -0.638. The topological polar surface area (TPSA) is 113 Å². The molecule has 3 N–H and O–H groups in total. The van der Waals surface area contributed by atoms with Gasteiger partial charge in [0.2, 0.25) is 12.6 Å². The van der Waals surface area contributed by atoms with Gasteiger partial charge in [-0.25, -0.2) is 14.6 Å². The van der Waals surface area contributed by atoms with Gasteiger partial charge in [-0.3, -0.25) is 9.59 Å². The third-order valence-corrected chi connectivity index (χ3v) is 6.42. The minimum Gasteiger partial charge on any atom is -0.389 e. The number of aromatic nitrogens is 1. The Balaban J connectivity index is 1.34. The smallest absolute Gasteiger partial charge is 0.273 e. The predicted molar refractivity (Wildman–Crippen MR) is 137 cm³/mol. The van der Waals surface area contributed by atoms with Crippen molar-refractivity contribution < 1.29 is 19.3 Å².